The fourth-order valence-corrected chi connectivity index (χ4v) is 4.70. The second-order valence-corrected chi connectivity index (χ2v) is 9.76. The number of nitrogens with zero attached hydrogens (tertiary/aromatic N) is 3. The Labute approximate surface area is 177 Å². The topological polar surface area (TPSA) is 118 Å². The molecule has 3 heterocycles. The predicted molar refractivity (Wildman–Crippen MR) is 108 cm³/mol. The molecule has 168 valence electrons. The second-order valence-electron chi connectivity index (χ2n) is 8.13. The summed E-state index contributed by atoms with van der Waals surface area (Å²) in [5.41, 5.74) is 3.45. The summed E-state index contributed by atoms with van der Waals surface area (Å²) in [6, 6.07) is 5.44. The lowest BCUT2D eigenvalue weighted by molar-refractivity contribution is -0.141. The molecule has 1 fully saturated rings. The summed E-state index contributed by atoms with van der Waals surface area (Å²) in [7, 11) is -4.41. The number of rotatable bonds is 4. The molecular formula is C19H22F3N5O3S. The van der Waals surface area contributed by atoms with E-state index in [2.05, 4.69) is 9.97 Å². The van der Waals surface area contributed by atoms with Gasteiger partial charge in [0, 0.05) is 12.1 Å². The molecule has 0 aromatic carbocycles. The average Bonchev–Trinajstić information content (AvgIpc) is 2.92. The Bertz CT molecular complexity index is 1120. The fraction of sp³-hybridized carbons (Fsp3) is 0.421. The van der Waals surface area contributed by atoms with Crippen molar-refractivity contribution in [1.29, 1.82) is 0 Å². The monoisotopic (exact) mass is 457 g/mol. The number of carbonyl (C=O) groups is 1. The summed E-state index contributed by atoms with van der Waals surface area (Å²) in [6.45, 7) is 5.96. The molecule has 0 spiro atoms. The van der Waals surface area contributed by atoms with Crippen LogP contribution >= 0.6 is 0 Å². The van der Waals surface area contributed by atoms with E-state index in [1.54, 1.807) is 4.90 Å². The van der Waals surface area contributed by atoms with E-state index in [9.17, 15) is 26.4 Å². The Morgan fingerprint density at radius 2 is 1.90 bits per heavy atom. The molecule has 2 aromatic rings. The van der Waals surface area contributed by atoms with Gasteiger partial charge in [0.15, 0.2) is 5.03 Å². The second kappa shape index (κ2) is 7.66. The summed E-state index contributed by atoms with van der Waals surface area (Å²) in [5, 5.41) is -0.489. The minimum Gasteiger partial charge on any atom is -0.384 e. The SMILES string of the molecule is C[C@@H]1CN(c2nc(C(F)(F)F)ccc2C(=O)NS(=O)(=O)c2cccc(N)n2)C(C)(C)C1. The first kappa shape index (κ1) is 22.8. The van der Waals surface area contributed by atoms with Gasteiger partial charge in [-0.2, -0.15) is 21.6 Å². The molecule has 1 aliphatic rings. The Morgan fingerprint density at radius 3 is 2.45 bits per heavy atom. The number of amides is 1. The van der Waals surface area contributed by atoms with E-state index in [-0.39, 0.29) is 23.1 Å². The number of nitrogen functional groups attached to an aromatic ring is 1. The normalized spacial score (nSPS) is 18.8. The number of aromatic nitrogens is 2. The molecule has 0 radical (unpaired) electrons. The maximum absolute atomic E-state index is 13.3. The highest BCUT2D eigenvalue weighted by Gasteiger charge is 2.41. The van der Waals surface area contributed by atoms with E-state index in [0.29, 0.717) is 19.0 Å². The third-order valence-electron chi connectivity index (χ3n) is 4.99. The molecule has 3 rings (SSSR count). The molecule has 8 nitrogen and oxygen atoms in total. The Hall–Kier alpha value is -2.89. The van der Waals surface area contributed by atoms with Gasteiger partial charge in [-0.1, -0.05) is 13.0 Å². The maximum atomic E-state index is 13.3. The number of hydrogen-bond donors (Lipinski definition) is 2. The van der Waals surface area contributed by atoms with Gasteiger partial charge in [0.25, 0.3) is 15.9 Å². The van der Waals surface area contributed by atoms with Gasteiger partial charge in [-0.15, -0.1) is 0 Å². The highest BCUT2D eigenvalue weighted by molar-refractivity contribution is 7.90. The number of anilines is 2. The van der Waals surface area contributed by atoms with E-state index in [0.717, 1.165) is 12.1 Å². The number of nitrogens with two attached hydrogens (primary N) is 1. The Morgan fingerprint density at radius 1 is 1.23 bits per heavy atom. The minimum atomic E-state index is -4.73. The average molecular weight is 457 g/mol. The first-order chi connectivity index (χ1) is 14.2. The van der Waals surface area contributed by atoms with Crippen molar-refractivity contribution in [2.45, 2.75) is 43.9 Å². The highest BCUT2D eigenvalue weighted by Crippen LogP contribution is 2.39. The zero-order valence-electron chi connectivity index (χ0n) is 17.1. The van der Waals surface area contributed by atoms with Crippen LogP contribution in [0.5, 0.6) is 0 Å². The van der Waals surface area contributed by atoms with Crippen molar-refractivity contribution in [2.24, 2.45) is 5.92 Å². The lowest BCUT2D eigenvalue weighted by atomic mass is 9.97. The quantitative estimate of drug-likeness (QED) is 0.725. The van der Waals surface area contributed by atoms with Gasteiger partial charge in [-0.25, -0.2) is 14.7 Å². The highest BCUT2D eigenvalue weighted by atomic mass is 32.2. The molecule has 0 aliphatic carbocycles. The van der Waals surface area contributed by atoms with Gasteiger partial charge in [-0.3, -0.25) is 4.79 Å². The molecule has 1 aliphatic heterocycles. The van der Waals surface area contributed by atoms with Crippen molar-refractivity contribution >= 4 is 27.6 Å². The third kappa shape index (κ3) is 4.73. The van der Waals surface area contributed by atoms with Crippen LogP contribution < -0.4 is 15.4 Å². The molecule has 0 saturated carbocycles. The van der Waals surface area contributed by atoms with E-state index in [1.807, 2.05) is 25.5 Å². The number of hydrogen-bond acceptors (Lipinski definition) is 7. The first-order valence-corrected chi connectivity index (χ1v) is 10.8. The Kier molecular flexibility index (Phi) is 5.63. The van der Waals surface area contributed by atoms with Crippen LogP contribution in [-0.4, -0.2) is 36.4 Å². The largest absolute Gasteiger partial charge is 0.433 e. The van der Waals surface area contributed by atoms with Crippen LogP contribution in [-0.2, 0) is 16.2 Å². The van der Waals surface area contributed by atoms with Crippen molar-refractivity contribution in [3.05, 3.63) is 41.6 Å². The minimum absolute atomic E-state index is 0.0694. The number of carbonyl (C=O) groups excluding carboxylic acids is 1. The molecule has 1 atom stereocenters. The van der Waals surface area contributed by atoms with Crippen molar-refractivity contribution in [3.63, 3.8) is 0 Å². The molecule has 31 heavy (non-hydrogen) atoms. The number of nitrogens with one attached hydrogen (secondary N) is 1. The van der Waals surface area contributed by atoms with Gasteiger partial charge >= 0.3 is 6.18 Å². The lowest BCUT2D eigenvalue weighted by Crippen LogP contribution is -2.41. The summed E-state index contributed by atoms with van der Waals surface area (Å²) < 4.78 is 66.8. The van der Waals surface area contributed by atoms with Gasteiger partial charge in [0.2, 0.25) is 0 Å². The van der Waals surface area contributed by atoms with Crippen molar-refractivity contribution in [3.8, 4) is 0 Å². The molecular weight excluding hydrogens is 435 g/mol. The van der Waals surface area contributed by atoms with Crippen LogP contribution in [0.15, 0.2) is 35.4 Å². The third-order valence-corrected chi connectivity index (χ3v) is 6.22. The summed E-state index contributed by atoms with van der Waals surface area (Å²) >= 11 is 0. The zero-order chi connectivity index (χ0) is 23.2. The zero-order valence-corrected chi connectivity index (χ0v) is 17.9. The van der Waals surface area contributed by atoms with Crippen molar-refractivity contribution in [2.75, 3.05) is 17.2 Å². The molecule has 12 heteroatoms. The van der Waals surface area contributed by atoms with Gasteiger partial charge in [0.1, 0.15) is 17.3 Å². The Balaban J connectivity index is 2.05. The molecule has 1 amide bonds. The van der Waals surface area contributed by atoms with Crippen LogP contribution in [0.25, 0.3) is 0 Å². The predicted octanol–water partition coefficient (Wildman–Crippen LogP) is 2.82. The molecule has 1 saturated heterocycles. The molecule has 0 unspecified atom stereocenters. The smallest absolute Gasteiger partial charge is 0.384 e. The van der Waals surface area contributed by atoms with E-state index < -0.39 is 38.4 Å². The van der Waals surface area contributed by atoms with Gasteiger partial charge in [-0.05, 0) is 50.5 Å². The van der Waals surface area contributed by atoms with Crippen LogP contribution in [0.3, 0.4) is 0 Å². The van der Waals surface area contributed by atoms with Gasteiger partial charge < -0.3 is 10.6 Å². The summed E-state index contributed by atoms with van der Waals surface area (Å²) in [6.07, 6.45) is -4.06. The number of alkyl halides is 3. The summed E-state index contributed by atoms with van der Waals surface area (Å²) in [5.74, 6) is -1.27. The molecule has 3 N–H and O–H groups in total. The maximum Gasteiger partial charge on any atom is 0.433 e. The van der Waals surface area contributed by atoms with E-state index in [1.165, 1.54) is 12.1 Å². The van der Waals surface area contributed by atoms with Crippen LogP contribution in [0.1, 0.15) is 43.2 Å². The summed E-state index contributed by atoms with van der Waals surface area (Å²) in [4.78, 5) is 21.8. The number of sulfonamides is 1. The van der Waals surface area contributed by atoms with Crippen LogP contribution in [0.2, 0.25) is 0 Å². The molecule has 0 bridgehead atoms. The van der Waals surface area contributed by atoms with E-state index in [4.69, 9.17) is 5.73 Å². The van der Waals surface area contributed by atoms with Crippen LogP contribution in [0, 0.1) is 5.92 Å². The molecule has 2 aromatic heterocycles. The standard InChI is InChI=1S/C19H22F3N5O3S/c1-11-9-18(2,3)27(10-11)16-12(7-8-13(24-16)19(20,21)22)17(28)26-31(29,30)15-6-4-5-14(23)25-15/h4-8,11H,9-10H2,1-3H3,(H2,23,25)(H,26,28)/t11-/m0/s1. The lowest BCUT2D eigenvalue weighted by Gasteiger charge is -2.34. The van der Waals surface area contributed by atoms with Crippen LogP contribution in [0.4, 0.5) is 24.8 Å². The van der Waals surface area contributed by atoms with E-state index >= 15 is 0 Å². The number of pyridine rings is 2. The van der Waals surface area contributed by atoms with Crippen molar-refractivity contribution < 1.29 is 26.4 Å². The first-order valence-electron chi connectivity index (χ1n) is 9.36. The van der Waals surface area contributed by atoms with Crippen molar-refractivity contribution in [1.82, 2.24) is 14.7 Å². The van der Waals surface area contributed by atoms with Gasteiger partial charge in [0.05, 0.1) is 5.56 Å². The number of halogens is 3. The fourth-order valence-electron chi connectivity index (χ4n) is 3.76.